The lowest BCUT2D eigenvalue weighted by Crippen LogP contribution is -2.37. The van der Waals surface area contributed by atoms with Gasteiger partial charge in [-0.3, -0.25) is 10.2 Å². The molecule has 1 amide bonds. The summed E-state index contributed by atoms with van der Waals surface area (Å²) in [5.74, 6) is 0.104. The molecule has 0 bridgehead atoms. The molecule has 1 atom stereocenters. The lowest BCUT2D eigenvalue weighted by atomic mass is 10.1. The smallest absolute Gasteiger partial charge is 0.266 e. The minimum Gasteiger partial charge on any atom is -0.356 e. The normalized spacial score (nSPS) is 15.8. The van der Waals surface area contributed by atoms with Crippen LogP contribution in [0.15, 0.2) is 29.2 Å². The molecule has 0 saturated carbocycles. The van der Waals surface area contributed by atoms with Crippen molar-refractivity contribution in [3.05, 3.63) is 29.8 Å². The molecule has 8 heteroatoms. The van der Waals surface area contributed by atoms with Crippen LogP contribution in [0.3, 0.4) is 0 Å². The Kier molecular flexibility index (Phi) is 7.86. The molecule has 0 aromatic heterocycles. The summed E-state index contributed by atoms with van der Waals surface area (Å²) in [4.78, 5) is 13.8. The minimum atomic E-state index is -3.71. The van der Waals surface area contributed by atoms with E-state index in [0.717, 1.165) is 24.8 Å². The number of unbranched alkanes of at least 4 members (excludes halogenated alkanes) is 1. The third kappa shape index (κ3) is 5.25. The highest BCUT2D eigenvalue weighted by atomic mass is 32.2. The van der Waals surface area contributed by atoms with Crippen molar-refractivity contribution in [2.75, 3.05) is 26.2 Å². The Bertz CT molecular complexity index is 777. The zero-order valence-electron chi connectivity index (χ0n) is 17.1. The summed E-state index contributed by atoms with van der Waals surface area (Å²) in [6.45, 7) is 8.06. The Balaban J connectivity index is 1.96. The predicted molar refractivity (Wildman–Crippen MR) is 111 cm³/mol. The number of sulfonamides is 1. The summed E-state index contributed by atoms with van der Waals surface area (Å²) >= 11 is 0. The monoisotopic (exact) mass is 408 g/mol. The molecule has 1 aliphatic heterocycles. The number of amides is 1. The number of carbonyl (C=O) groups is 1. The number of nitrogens with one attached hydrogen (secondary N) is 2. The van der Waals surface area contributed by atoms with Crippen LogP contribution in [0.4, 0.5) is 0 Å². The number of hydrogen-bond donors (Lipinski definition) is 2. The van der Waals surface area contributed by atoms with E-state index in [1.807, 2.05) is 18.7 Å². The van der Waals surface area contributed by atoms with E-state index in [2.05, 4.69) is 12.2 Å². The predicted octanol–water partition coefficient (Wildman–Crippen LogP) is 2.43. The van der Waals surface area contributed by atoms with Gasteiger partial charge in [0.15, 0.2) is 0 Å². The van der Waals surface area contributed by atoms with Crippen molar-refractivity contribution in [3.63, 3.8) is 0 Å². The van der Waals surface area contributed by atoms with Gasteiger partial charge in [-0.2, -0.15) is 0 Å². The fourth-order valence-corrected chi connectivity index (χ4v) is 4.43. The highest BCUT2D eigenvalue weighted by Gasteiger charge is 2.34. The van der Waals surface area contributed by atoms with E-state index in [1.165, 1.54) is 4.31 Å². The Labute approximate surface area is 168 Å². The number of nitrogens with zero attached hydrogens (tertiary/aromatic N) is 2. The number of hydrogen-bond acceptors (Lipinski definition) is 4. The summed E-state index contributed by atoms with van der Waals surface area (Å²) in [7, 11) is -3.71. The molecule has 2 N–H and O–H groups in total. The minimum absolute atomic E-state index is 0.000176. The average Bonchev–Trinajstić information content (AvgIpc) is 3.07. The first-order valence-electron chi connectivity index (χ1n) is 10.0. The molecule has 156 valence electrons. The molecular weight excluding hydrogens is 376 g/mol. The summed E-state index contributed by atoms with van der Waals surface area (Å²) in [6.07, 6.45) is 3.40. The van der Waals surface area contributed by atoms with Gasteiger partial charge >= 0.3 is 0 Å². The number of guanidine groups is 1. The second-order valence-corrected chi connectivity index (χ2v) is 9.10. The summed E-state index contributed by atoms with van der Waals surface area (Å²) in [6, 6.07) is 6.72. The van der Waals surface area contributed by atoms with Gasteiger partial charge in [-0.1, -0.05) is 39.3 Å². The molecule has 28 heavy (non-hydrogen) atoms. The SMILES string of the molecule is CCCCN1CCN(S(=O)(=O)c2ccc(CCNC(=O)C(C)CC)cc2)C1=N. The maximum absolute atomic E-state index is 12.9. The van der Waals surface area contributed by atoms with Crippen molar-refractivity contribution in [2.45, 2.75) is 51.3 Å². The average molecular weight is 409 g/mol. The standard InChI is InChI=1S/C20H32N4O3S/c1-4-6-13-23-14-15-24(20(23)21)28(26,27)18-9-7-17(8-10-18)11-12-22-19(25)16(3)5-2/h7-10,16,21H,4-6,11-15H2,1-3H3,(H,22,25). The zero-order chi connectivity index (χ0) is 20.7. The van der Waals surface area contributed by atoms with Gasteiger partial charge < -0.3 is 10.2 Å². The highest BCUT2D eigenvalue weighted by molar-refractivity contribution is 7.89. The van der Waals surface area contributed by atoms with E-state index < -0.39 is 10.0 Å². The number of benzene rings is 1. The van der Waals surface area contributed by atoms with Crippen molar-refractivity contribution in [2.24, 2.45) is 5.92 Å². The molecule has 1 saturated heterocycles. The molecule has 7 nitrogen and oxygen atoms in total. The summed E-state index contributed by atoms with van der Waals surface area (Å²) < 4.78 is 27.0. The van der Waals surface area contributed by atoms with Crippen LogP contribution in [-0.4, -0.2) is 55.7 Å². The van der Waals surface area contributed by atoms with Gasteiger partial charge in [0.1, 0.15) is 0 Å². The third-order valence-corrected chi connectivity index (χ3v) is 6.98. The van der Waals surface area contributed by atoms with Crippen LogP contribution in [0.1, 0.15) is 45.6 Å². The molecule has 2 rings (SSSR count). The Morgan fingerprint density at radius 1 is 1.21 bits per heavy atom. The van der Waals surface area contributed by atoms with E-state index in [-0.39, 0.29) is 22.7 Å². The molecule has 1 aliphatic rings. The second kappa shape index (κ2) is 9.91. The lowest BCUT2D eigenvalue weighted by molar-refractivity contribution is -0.124. The van der Waals surface area contributed by atoms with Crippen LogP contribution >= 0.6 is 0 Å². The first-order valence-corrected chi connectivity index (χ1v) is 11.5. The van der Waals surface area contributed by atoms with Gasteiger partial charge in [0.05, 0.1) is 11.4 Å². The maximum atomic E-state index is 12.9. The van der Waals surface area contributed by atoms with Crippen molar-refractivity contribution < 1.29 is 13.2 Å². The van der Waals surface area contributed by atoms with Crippen molar-refractivity contribution in [3.8, 4) is 0 Å². The van der Waals surface area contributed by atoms with Gasteiger partial charge in [-0.25, -0.2) is 12.7 Å². The van der Waals surface area contributed by atoms with Gasteiger partial charge in [0, 0.05) is 25.6 Å². The second-order valence-electron chi connectivity index (χ2n) is 7.24. The Morgan fingerprint density at radius 3 is 2.50 bits per heavy atom. The van der Waals surface area contributed by atoms with Crippen molar-refractivity contribution in [1.82, 2.24) is 14.5 Å². The third-order valence-electron chi connectivity index (χ3n) is 5.17. The largest absolute Gasteiger partial charge is 0.356 e. The Hall–Kier alpha value is -2.09. The molecule has 1 unspecified atom stereocenters. The maximum Gasteiger partial charge on any atom is 0.266 e. The van der Waals surface area contributed by atoms with Crippen LogP contribution in [-0.2, 0) is 21.2 Å². The van der Waals surface area contributed by atoms with E-state index >= 15 is 0 Å². The number of carbonyl (C=O) groups excluding carboxylic acids is 1. The van der Waals surface area contributed by atoms with E-state index in [4.69, 9.17) is 5.41 Å². The van der Waals surface area contributed by atoms with E-state index in [1.54, 1.807) is 24.3 Å². The summed E-state index contributed by atoms with van der Waals surface area (Å²) in [5, 5.41) is 11.1. The Morgan fingerprint density at radius 2 is 1.89 bits per heavy atom. The first-order chi connectivity index (χ1) is 13.3. The fourth-order valence-electron chi connectivity index (χ4n) is 3.03. The zero-order valence-corrected chi connectivity index (χ0v) is 17.9. The van der Waals surface area contributed by atoms with E-state index in [9.17, 15) is 13.2 Å². The molecule has 1 aromatic rings. The molecule has 1 heterocycles. The van der Waals surface area contributed by atoms with Crippen LogP contribution in [0.25, 0.3) is 0 Å². The van der Waals surface area contributed by atoms with Crippen molar-refractivity contribution >= 4 is 21.9 Å². The van der Waals surface area contributed by atoms with Crippen molar-refractivity contribution in [1.29, 1.82) is 5.41 Å². The van der Waals surface area contributed by atoms with Gasteiger partial charge in [-0.15, -0.1) is 0 Å². The molecule has 0 radical (unpaired) electrons. The van der Waals surface area contributed by atoms with Crippen LogP contribution in [0.2, 0.25) is 0 Å². The van der Waals surface area contributed by atoms with E-state index in [0.29, 0.717) is 32.6 Å². The molecular formula is C20H32N4O3S. The first kappa shape index (κ1) is 22.2. The van der Waals surface area contributed by atoms with Gasteiger partial charge in [0.2, 0.25) is 11.9 Å². The van der Waals surface area contributed by atoms with Crippen LogP contribution in [0.5, 0.6) is 0 Å². The summed E-state index contributed by atoms with van der Waals surface area (Å²) in [5.41, 5.74) is 0.962. The van der Waals surface area contributed by atoms with Gasteiger partial charge in [0.25, 0.3) is 10.0 Å². The van der Waals surface area contributed by atoms with Gasteiger partial charge in [-0.05, 0) is 37.0 Å². The molecule has 1 fully saturated rings. The fraction of sp³-hybridized carbons (Fsp3) is 0.600. The molecule has 0 aliphatic carbocycles. The molecule has 1 aromatic carbocycles. The number of rotatable bonds is 10. The van der Waals surface area contributed by atoms with Crippen LogP contribution < -0.4 is 5.32 Å². The quantitative estimate of drug-likeness (QED) is 0.622. The highest BCUT2D eigenvalue weighted by Crippen LogP contribution is 2.21. The topological polar surface area (TPSA) is 93.6 Å². The lowest BCUT2D eigenvalue weighted by Gasteiger charge is -2.21. The van der Waals surface area contributed by atoms with Crippen LogP contribution in [0, 0.1) is 11.3 Å². The molecule has 0 spiro atoms.